The van der Waals surface area contributed by atoms with E-state index in [1.54, 1.807) is 13.2 Å². The second kappa shape index (κ2) is 8.74. The highest BCUT2D eigenvalue weighted by Crippen LogP contribution is 2.16. The van der Waals surface area contributed by atoms with Crippen molar-refractivity contribution in [2.45, 2.75) is 13.0 Å². The molecule has 1 fully saturated rings. The Hall–Kier alpha value is -1.61. The fourth-order valence-electron chi connectivity index (χ4n) is 2.78. The van der Waals surface area contributed by atoms with E-state index in [0.717, 1.165) is 39.3 Å². The zero-order chi connectivity index (χ0) is 15.8. The van der Waals surface area contributed by atoms with Gasteiger partial charge in [-0.25, -0.2) is 0 Å². The van der Waals surface area contributed by atoms with Crippen LogP contribution in [0.1, 0.15) is 12.5 Å². The molecular weight excluding hydrogens is 278 g/mol. The molecule has 5 heteroatoms. The van der Waals surface area contributed by atoms with Crippen molar-refractivity contribution in [3.05, 3.63) is 29.8 Å². The van der Waals surface area contributed by atoms with Crippen LogP contribution in [-0.2, 0) is 4.74 Å². The molecule has 0 N–H and O–H groups in total. The summed E-state index contributed by atoms with van der Waals surface area (Å²) < 4.78 is 10.9. The van der Waals surface area contributed by atoms with Gasteiger partial charge in [0.1, 0.15) is 18.4 Å². The van der Waals surface area contributed by atoms with Crippen molar-refractivity contribution in [3.8, 4) is 11.8 Å². The van der Waals surface area contributed by atoms with Crippen LogP contribution in [-0.4, -0.2) is 68.9 Å². The monoisotopic (exact) mass is 303 g/mol. The first-order valence-electron chi connectivity index (χ1n) is 7.82. The predicted molar refractivity (Wildman–Crippen MR) is 86.0 cm³/mol. The molecule has 1 aromatic rings. The average molecular weight is 303 g/mol. The standard InChI is InChI=1S/C17H25N3O2/c1-15-14-19(7-8-20(15)10-11-21-2)9-12-22-17-6-4-3-5-16(17)13-18/h3-6,15H,7-12,14H2,1-2H3. The van der Waals surface area contributed by atoms with Gasteiger partial charge in [0, 0.05) is 45.9 Å². The zero-order valence-corrected chi connectivity index (χ0v) is 13.5. The summed E-state index contributed by atoms with van der Waals surface area (Å²) in [6, 6.07) is 10.1. The maximum Gasteiger partial charge on any atom is 0.137 e. The quantitative estimate of drug-likeness (QED) is 0.765. The minimum Gasteiger partial charge on any atom is -0.491 e. The second-order valence-corrected chi connectivity index (χ2v) is 5.63. The smallest absolute Gasteiger partial charge is 0.137 e. The molecule has 1 aromatic carbocycles. The molecule has 0 bridgehead atoms. The molecule has 0 amide bonds. The Morgan fingerprint density at radius 3 is 2.77 bits per heavy atom. The Kier molecular flexibility index (Phi) is 6.66. The average Bonchev–Trinajstić information content (AvgIpc) is 2.54. The molecule has 1 saturated heterocycles. The summed E-state index contributed by atoms with van der Waals surface area (Å²) in [5, 5.41) is 9.05. The van der Waals surface area contributed by atoms with Crippen LogP contribution in [0.3, 0.4) is 0 Å². The van der Waals surface area contributed by atoms with Gasteiger partial charge in [-0.05, 0) is 19.1 Å². The summed E-state index contributed by atoms with van der Waals surface area (Å²) in [7, 11) is 1.75. The van der Waals surface area contributed by atoms with Crippen LogP contribution in [0.4, 0.5) is 0 Å². The van der Waals surface area contributed by atoms with Crippen LogP contribution in [0.2, 0.25) is 0 Å². The van der Waals surface area contributed by atoms with Gasteiger partial charge in [0.05, 0.1) is 12.2 Å². The number of methoxy groups -OCH3 is 1. The molecule has 1 atom stereocenters. The topological polar surface area (TPSA) is 48.7 Å². The maximum absolute atomic E-state index is 9.05. The molecule has 5 nitrogen and oxygen atoms in total. The van der Waals surface area contributed by atoms with Crippen LogP contribution >= 0.6 is 0 Å². The lowest BCUT2D eigenvalue weighted by Gasteiger charge is -2.39. The van der Waals surface area contributed by atoms with Gasteiger partial charge in [-0.3, -0.25) is 9.80 Å². The first-order chi connectivity index (χ1) is 10.7. The van der Waals surface area contributed by atoms with Crippen molar-refractivity contribution < 1.29 is 9.47 Å². The van der Waals surface area contributed by atoms with Gasteiger partial charge >= 0.3 is 0 Å². The largest absolute Gasteiger partial charge is 0.491 e. The SMILES string of the molecule is COCCN1CCN(CCOc2ccccc2C#N)CC1C. The summed E-state index contributed by atoms with van der Waals surface area (Å²) in [6.45, 7) is 8.72. The minimum absolute atomic E-state index is 0.537. The van der Waals surface area contributed by atoms with E-state index in [0.29, 0.717) is 24.0 Å². The fourth-order valence-corrected chi connectivity index (χ4v) is 2.78. The first-order valence-corrected chi connectivity index (χ1v) is 7.82. The lowest BCUT2D eigenvalue weighted by Crippen LogP contribution is -2.53. The summed E-state index contributed by atoms with van der Waals surface area (Å²) in [5.74, 6) is 0.678. The highest BCUT2D eigenvalue weighted by Gasteiger charge is 2.22. The van der Waals surface area contributed by atoms with E-state index in [4.69, 9.17) is 14.7 Å². The van der Waals surface area contributed by atoms with E-state index in [1.165, 1.54) is 0 Å². The minimum atomic E-state index is 0.537. The number of benzene rings is 1. The van der Waals surface area contributed by atoms with E-state index in [2.05, 4.69) is 22.8 Å². The third-order valence-electron chi connectivity index (χ3n) is 4.10. The summed E-state index contributed by atoms with van der Waals surface area (Å²) >= 11 is 0. The number of para-hydroxylation sites is 1. The van der Waals surface area contributed by atoms with Crippen LogP contribution < -0.4 is 4.74 Å². The van der Waals surface area contributed by atoms with Gasteiger partial charge in [-0.15, -0.1) is 0 Å². The highest BCUT2D eigenvalue weighted by atomic mass is 16.5. The molecule has 1 unspecified atom stereocenters. The van der Waals surface area contributed by atoms with E-state index >= 15 is 0 Å². The van der Waals surface area contributed by atoms with Gasteiger partial charge in [-0.1, -0.05) is 12.1 Å². The molecule has 0 spiro atoms. The number of piperazine rings is 1. The van der Waals surface area contributed by atoms with Crippen molar-refractivity contribution in [2.75, 3.05) is 53.0 Å². The van der Waals surface area contributed by atoms with Crippen molar-refractivity contribution in [2.24, 2.45) is 0 Å². The summed E-state index contributed by atoms with van der Waals surface area (Å²) in [5.41, 5.74) is 0.597. The molecule has 0 aromatic heterocycles. The van der Waals surface area contributed by atoms with Crippen LogP contribution in [0.5, 0.6) is 5.75 Å². The van der Waals surface area contributed by atoms with E-state index in [-0.39, 0.29) is 0 Å². The molecule has 22 heavy (non-hydrogen) atoms. The number of hydrogen-bond donors (Lipinski definition) is 0. The summed E-state index contributed by atoms with van der Waals surface area (Å²) in [4.78, 5) is 4.88. The number of ether oxygens (including phenoxy) is 2. The third-order valence-corrected chi connectivity index (χ3v) is 4.10. The van der Waals surface area contributed by atoms with Gasteiger partial charge in [0.25, 0.3) is 0 Å². The molecule has 0 saturated carbocycles. The lowest BCUT2D eigenvalue weighted by atomic mass is 10.2. The summed E-state index contributed by atoms with van der Waals surface area (Å²) in [6.07, 6.45) is 0. The first kappa shape index (κ1) is 16.8. The molecule has 2 rings (SSSR count). The van der Waals surface area contributed by atoms with Gasteiger partial charge in [0.2, 0.25) is 0 Å². The molecule has 120 valence electrons. The Morgan fingerprint density at radius 1 is 1.23 bits per heavy atom. The Balaban J connectivity index is 1.73. The van der Waals surface area contributed by atoms with Crippen molar-refractivity contribution in [3.63, 3.8) is 0 Å². The fraction of sp³-hybridized carbons (Fsp3) is 0.588. The van der Waals surface area contributed by atoms with Crippen molar-refractivity contribution in [1.82, 2.24) is 9.80 Å². The molecule has 0 aliphatic carbocycles. The Bertz CT molecular complexity index is 501. The normalized spacial score (nSPS) is 19.8. The molecule has 1 aliphatic rings. The van der Waals surface area contributed by atoms with E-state index < -0.39 is 0 Å². The Morgan fingerprint density at radius 2 is 2.05 bits per heavy atom. The second-order valence-electron chi connectivity index (χ2n) is 5.63. The van der Waals surface area contributed by atoms with Crippen LogP contribution in [0.25, 0.3) is 0 Å². The van der Waals surface area contributed by atoms with Crippen molar-refractivity contribution in [1.29, 1.82) is 5.26 Å². The van der Waals surface area contributed by atoms with Crippen molar-refractivity contribution >= 4 is 0 Å². The van der Waals surface area contributed by atoms with E-state index in [1.807, 2.05) is 18.2 Å². The predicted octanol–water partition coefficient (Wildman–Crippen LogP) is 1.59. The molecule has 1 heterocycles. The zero-order valence-electron chi connectivity index (χ0n) is 13.5. The molecular formula is C17H25N3O2. The van der Waals surface area contributed by atoms with Gasteiger partial charge < -0.3 is 9.47 Å². The number of nitriles is 1. The Labute approximate surface area is 133 Å². The highest BCUT2D eigenvalue weighted by molar-refractivity contribution is 5.42. The van der Waals surface area contributed by atoms with Crippen LogP contribution in [0.15, 0.2) is 24.3 Å². The lowest BCUT2D eigenvalue weighted by molar-refractivity contribution is 0.0531. The van der Waals surface area contributed by atoms with Gasteiger partial charge in [-0.2, -0.15) is 5.26 Å². The molecule has 0 radical (unpaired) electrons. The van der Waals surface area contributed by atoms with Crippen LogP contribution in [0, 0.1) is 11.3 Å². The van der Waals surface area contributed by atoms with Gasteiger partial charge in [0.15, 0.2) is 0 Å². The number of hydrogen-bond acceptors (Lipinski definition) is 5. The van der Waals surface area contributed by atoms with E-state index in [9.17, 15) is 0 Å². The number of nitrogens with zero attached hydrogens (tertiary/aromatic N) is 3. The third kappa shape index (κ3) is 4.70. The maximum atomic E-state index is 9.05. The molecule has 1 aliphatic heterocycles. The number of rotatable bonds is 7.